The van der Waals surface area contributed by atoms with E-state index in [4.69, 9.17) is 4.74 Å². The monoisotopic (exact) mass is 287 g/mol. The van der Waals surface area contributed by atoms with Crippen molar-refractivity contribution in [1.82, 2.24) is 15.5 Å². The van der Waals surface area contributed by atoms with Gasteiger partial charge in [-0.05, 0) is 38.5 Å². The number of hydrogen-bond donors (Lipinski definition) is 2. The van der Waals surface area contributed by atoms with Crippen molar-refractivity contribution in [2.75, 3.05) is 6.61 Å². The van der Waals surface area contributed by atoms with Crippen molar-refractivity contribution in [3.05, 3.63) is 46.8 Å². The molecule has 1 aromatic carbocycles. The molecule has 21 heavy (non-hydrogen) atoms. The SMILES string of the molecule is CCOc1ccc(CNC(=O)Cc2c(C)n[nH]c2C)cc1. The number of benzene rings is 1. The van der Waals surface area contributed by atoms with E-state index in [1.54, 1.807) is 0 Å². The Morgan fingerprint density at radius 2 is 2.00 bits per heavy atom. The number of nitrogens with one attached hydrogen (secondary N) is 2. The Balaban J connectivity index is 1.86. The first kappa shape index (κ1) is 15.1. The van der Waals surface area contributed by atoms with E-state index < -0.39 is 0 Å². The van der Waals surface area contributed by atoms with Crippen molar-refractivity contribution in [3.8, 4) is 5.75 Å². The van der Waals surface area contributed by atoms with Gasteiger partial charge in [0.05, 0.1) is 18.7 Å². The van der Waals surface area contributed by atoms with Crippen molar-refractivity contribution in [1.29, 1.82) is 0 Å². The maximum atomic E-state index is 12.0. The molecule has 1 heterocycles. The molecule has 2 aromatic rings. The third-order valence-corrected chi connectivity index (χ3v) is 3.34. The van der Waals surface area contributed by atoms with Crippen LogP contribution in [0.5, 0.6) is 5.75 Å². The van der Waals surface area contributed by atoms with Crippen LogP contribution in [0.25, 0.3) is 0 Å². The lowest BCUT2D eigenvalue weighted by atomic mass is 10.1. The van der Waals surface area contributed by atoms with E-state index in [0.717, 1.165) is 28.3 Å². The number of carbonyl (C=O) groups is 1. The van der Waals surface area contributed by atoms with Gasteiger partial charge in [0.2, 0.25) is 5.91 Å². The lowest BCUT2D eigenvalue weighted by Gasteiger charge is -2.07. The van der Waals surface area contributed by atoms with E-state index in [1.807, 2.05) is 45.0 Å². The molecule has 0 aliphatic rings. The number of ether oxygens (including phenoxy) is 1. The molecule has 1 aromatic heterocycles. The summed E-state index contributed by atoms with van der Waals surface area (Å²) < 4.78 is 5.39. The number of H-pyrrole nitrogens is 1. The summed E-state index contributed by atoms with van der Waals surface area (Å²) in [6.07, 6.45) is 0.352. The first-order valence-corrected chi connectivity index (χ1v) is 7.09. The molecule has 0 saturated heterocycles. The largest absolute Gasteiger partial charge is 0.494 e. The fourth-order valence-corrected chi connectivity index (χ4v) is 2.13. The molecule has 0 aliphatic carbocycles. The van der Waals surface area contributed by atoms with Crippen LogP contribution >= 0.6 is 0 Å². The molecule has 0 radical (unpaired) electrons. The molecular formula is C16H21N3O2. The van der Waals surface area contributed by atoms with Gasteiger partial charge in [-0.25, -0.2) is 0 Å². The van der Waals surface area contributed by atoms with Crippen LogP contribution in [-0.2, 0) is 17.8 Å². The molecule has 2 rings (SSSR count). The van der Waals surface area contributed by atoms with Gasteiger partial charge in [0.15, 0.2) is 0 Å². The molecule has 2 N–H and O–H groups in total. The summed E-state index contributed by atoms with van der Waals surface area (Å²) >= 11 is 0. The van der Waals surface area contributed by atoms with Crippen LogP contribution in [0.3, 0.4) is 0 Å². The third-order valence-electron chi connectivity index (χ3n) is 3.34. The topological polar surface area (TPSA) is 67.0 Å². The number of rotatable bonds is 6. The Kier molecular flexibility index (Phi) is 4.98. The summed E-state index contributed by atoms with van der Waals surface area (Å²) in [6.45, 7) is 6.95. The zero-order valence-corrected chi connectivity index (χ0v) is 12.7. The number of aromatic amines is 1. The van der Waals surface area contributed by atoms with Gasteiger partial charge in [-0.15, -0.1) is 0 Å². The van der Waals surface area contributed by atoms with E-state index in [2.05, 4.69) is 15.5 Å². The Morgan fingerprint density at radius 1 is 1.29 bits per heavy atom. The number of aromatic nitrogens is 2. The number of aryl methyl sites for hydroxylation is 2. The predicted molar refractivity (Wildman–Crippen MR) is 81.2 cm³/mol. The average Bonchev–Trinajstić information content (AvgIpc) is 2.79. The summed E-state index contributed by atoms with van der Waals surface area (Å²) in [5.41, 5.74) is 3.85. The first-order chi connectivity index (χ1) is 10.1. The second kappa shape index (κ2) is 6.92. The lowest BCUT2D eigenvalue weighted by Crippen LogP contribution is -2.24. The molecule has 0 saturated carbocycles. The Labute approximate surface area is 124 Å². The molecule has 0 fully saturated rings. The van der Waals surface area contributed by atoms with Crippen LogP contribution in [0.15, 0.2) is 24.3 Å². The van der Waals surface area contributed by atoms with E-state index in [9.17, 15) is 4.79 Å². The summed E-state index contributed by atoms with van der Waals surface area (Å²) in [5.74, 6) is 0.841. The van der Waals surface area contributed by atoms with Crippen LogP contribution in [0.4, 0.5) is 0 Å². The zero-order chi connectivity index (χ0) is 15.2. The minimum Gasteiger partial charge on any atom is -0.494 e. The van der Waals surface area contributed by atoms with Crippen LogP contribution in [0.1, 0.15) is 29.4 Å². The molecule has 5 heteroatoms. The minimum absolute atomic E-state index is 0.00325. The van der Waals surface area contributed by atoms with Crippen molar-refractivity contribution in [3.63, 3.8) is 0 Å². The van der Waals surface area contributed by atoms with Gasteiger partial charge >= 0.3 is 0 Å². The number of amides is 1. The molecule has 0 bridgehead atoms. The lowest BCUT2D eigenvalue weighted by molar-refractivity contribution is -0.120. The van der Waals surface area contributed by atoms with Crippen molar-refractivity contribution in [2.45, 2.75) is 33.7 Å². The second-order valence-electron chi connectivity index (χ2n) is 4.94. The second-order valence-corrected chi connectivity index (χ2v) is 4.94. The fraction of sp³-hybridized carbons (Fsp3) is 0.375. The summed E-state index contributed by atoms with van der Waals surface area (Å²) in [6, 6.07) is 7.74. The van der Waals surface area contributed by atoms with Gasteiger partial charge in [-0.2, -0.15) is 5.10 Å². The third kappa shape index (κ3) is 4.08. The first-order valence-electron chi connectivity index (χ1n) is 7.09. The van der Waals surface area contributed by atoms with E-state index >= 15 is 0 Å². The van der Waals surface area contributed by atoms with Crippen molar-refractivity contribution in [2.24, 2.45) is 0 Å². The van der Waals surface area contributed by atoms with Gasteiger partial charge in [0.25, 0.3) is 0 Å². The Morgan fingerprint density at radius 3 is 2.57 bits per heavy atom. The van der Waals surface area contributed by atoms with Gasteiger partial charge in [-0.3, -0.25) is 9.89 Å². The smallest absolute Gasteiger partial charge is 0.224 e. The van der Waals surface area contributed by atoms with E-state index in [1.165, 1.54) is 0 Å². The number of nitrogens with zero attached hydrogens (tertiary/aromatic N) is 1. The molecule has 0 spiro atoms. The van der Waals surface area contributed by atoms with Crippen LogP contribution < -0.4 is 10.1 Å². The molecular weight excluding hydrogens is 266 g/mol. The fourth-order valence-electron chi connectivity index (χ4n) is 2.13. The maximum Gasteiger partial charge on any atom is 0.224 e. The minimum atomic E-state index is -0.00325. The quantitative estimate of drug-likeness (QED) is 0.856. The Hall–Kier alpha value is -2.30. The molecule has 1 amide bonds. The molecule has 0 atom stereocenters. The number of carbonyl (C=O) groups excluding carboxylic acids is 1. The van der Waals surface area contributed by atoms with Crippen LogP contribution in [-0.4, -0.2) is 22.7 Å². The normalized spacial score (nSPS) is 10.4. The highest BCUT2D eigenvalue weighted by Crippen LogP contribution is 2.12. The van der Waals surface area contributed by atoms with Gasteiger partial charge in [-0.1, -0.05) is 12.1 Å². The maximum absolute atomic E-state index is 12.0. The number of hydrogen-bond acceptors (Lipinski definition) is 3. The van der Waals surface area contributed by atoms with Gasteiger partial charge < -0.3 is 10.1 Å². The van der Waals surface area contributed by atoms with E-state index in [0.29, 0.717) is 19.6 Å². The zero-order valence-electron chi connectivity index (χ0n) is 12.7. The van der Waals surface area contributed by atoms with Crippen molar-refractivity contribution >= 4 is 5.91 Å². The van der Waals surface area contributed by atoms with Gasteiger partial charge in [0, 0.05) is 17.8 Å². The summed E-state index contributed by atoms with van der Waals surface area (Å²) in [4.78, 5) is 12.0. The summed E-state index contributed by atoms with van der Waals surface area (Å²) in [7, 11) is 0. The molecule has 0 unspecified atom stereocenters. The molecule has 112 valence electrons. The van der Waals surface area contributed by atoms with Crippen molar-refractivity contribution < 1.29 is 9.53 Å². The highest BCUT2D eigenvalue weighted by Gasteiger charge is 2.11. The van der Waals surface area contributed by atoms with Crippen LogP contribution in [0.2, 0.25) is 0 Å². The van der Waals surface area contributed by atoms with Crippen LogP contribution in [0, 0.1) is 13.8 Å². The standard InChI is InChI=1S/C16H21N3O2/c1-4-21-14-7-5-13(6-8-14)10-17-16(20)9-15-11(2)18-19-12(15)3/h5-8H,4,9-10H2,1-3H3,(H,17,20)(H,18,19). The highest BCUT2D eigenvalue weighted by atomic mass is 16.5. The Bertz CT molecular complexity index is 583. The van der Waals surface area contributed by atoms with Gasteiger partial charge in [0.1, 0.15) is 5.75 Å². The summed E-state index contributed by atoms with van der Waals surface area (Å²) in [5, 5.41) is 9.91. The highest BCUT2D eigenvalue weighted by molar-refractivity contribution is 5.79. The van der Waals surface area contributed by atoms with E-state index in [-0.39, 0.29) is 5.91 Å². The molecule has 0 aliphatic heterocycles. The molecule has 5 nitrogen and oxygen atoms in total. The average molecular weight is 287 g/mol. The predicted octanol–water partition coefficient (Wildman–Crippen LogP) is 2.28.